The Bertz CT molecular complexity index is 310. The Labute approximate surface area is 78.9 Å². The molecule has 1 atom stereocenters. The maximum absolute atomic E-state index is 9.76. The van der Waals surface area contributed by atoms with Crippen LogP contribution in [-0.4, -0.2) is 5.11 Å². The molecular weight excluding hydrogens is 164 g/mol. The molecule has 0 radical (unpaired) electrons. The van der Waals surface area contributed by atoms with Crippen LogP contribution in [0.25, 0.3) is 0 Å². The van der Waals surface area contributed by atoms with Gasteiger partial charge in [-0.05, 0) is 32.8 Å². The molecule has 1 N–H and O–H groups in total. The molecule has 0 saturated heterocycles. The highest BCUT2D eigenvalue weighted by Crippen LogP contribution is 2.28. The zero-order chi connectivity index (χ0) is 10.0. The molecule has 2 nitrogen and oxygen atoms in total. The van der Waals surface area contributed by atoms with Crippen LogP contribution in [0.15, 0.2) is 17.1 Å². The fourth-order valence-corrected chi connectivity index (χ4v) is 1.58. The highest BCUT2D eigenvalue weighted by Gasteiger charge is 2.17. The zero-order valence-corrected chi connectivity index (χ0v) is 8.42. The maximum Gasteiger partial charge on any atom is 0.107 e. The lowest BCUT2D eigenvalue weighted by Crippen LogP contribution is -1.98. The minimum atomic E-state index is -0.477. The third-order valence-corrected chi connectivity index (χ3v) is 2.34. The predicted molar refractivity (Wildman–Crippen MR) is 52.7 cm³/mol. The smallest absolute Gasteiger partial charge is 0.107 e. The van der Waals surface area contributed by atoms with Crippen molar-refractivity contribution in [2.24, 2.45) is 0 Å². The van der Waals surface area contributed by atoms with Gasteiger partial charge in [-0.1, -0.05) is 6.08 Å². The lowest BCUT2D eigenvalue weighted by Gasteiger charge is -2.07. The lowest BCUT2D eigenvalue weighted by atomic mass is 10.0. The van der Waals surface area contributed by atoms with Gasteiger partial charge in [0.05, 0.1) is 6.10 Å². The van der Waals surface area contributed by atoms with Gasteiger partial charge in [0.25, 0.3) is 0 Å². The second kappa shape index (κ2) is 3.79. The van der Waals surface area contributed by atoms with E-state index in [0.29, 0.717) is 6.42 Å². The first kappa shape index (κ1) is 10.1. The van der Waals surface area contributed by atoms with E-state index in [9.17, 15) is 5.11 Å². The number of furan rings is 1. The molecule has 0 aromatic carbocycles. The van der Waals surface area contributed by atoms with Crippen LogP contribution >= 0.6 is 0 Å². The number of hydrogen-bond acceptors (Lipinski definition) is 2. The van der Waals surface area contributed by atoms with Gasteiger partial charge in [0, 0.05) is 5.56 Å². The van der Waals surface area contributed by atoms with Crippen LogP contribution in [0.2, 0.25) is 0 Å². The van der Waals surface area contributed by atoms with Gasteiger partial charge >= 0.3 is 0 Å². The van der Waals surface area contributed by atoms with Crippen LogP contribution in [0.3, 0.4) is 0 Å². The molecule has 1 heterocycles. The molecule has 2 heteroatoms. The SMILES string of the molecule is C=CCC(O)c1c(C)oc(C)c1C. The molecular formula is C11H16O2. The quantitative estimate of drug-likeness (QED) is 0.725. The Hall–Kier alpha value is -1.02. The van der Waals surface area contributed by atoms with E-state index in [1.54, 1.807) is 6.08 Å². The molecule has 0 bridgehead atoms. The molecule has 13 heavy (non-hydrogen) atoms. The van der Waals surface area contributed by atoms with Crippen LogP contribution < -0.4 is 0 Å². The van der Waals surface area contributed by atoms with Gasteiger partial charge in [0.2, 0.25) is 0 Å². The average molecular weight is 180 g/mol. The van der Waals surface area contributed by atoms with Crippen molar-refractivity contribution in [1.29, 1.82) is 0 Å². The summed E-state index contributed by atoms with van der Waals surface area (Å²) in [5.41, 5.74) is 1.96. The summed E-state index contributed by atoms with van der Waals surface area (Å²) in [5, 5.41) is 9.76. The minimum Gasteiger partial charge on any atom is -0.466 e. The topological polar surface area (TPSA) is 33.4 Å². The summed E-state index contributed by atoms with van der Waals surface area (Å²) >= 11 is 0. The predicted octanol–water partition coefficient (Wildman–Crippen LogP) is 2.81. The molecule has 1 rings (SSSR count). The van der Waals surface area contributed by atoms with Gasteiger partial charge in [-0.2, -0.15) is 0 Å². The molecule has 0 spiro atoms. The van der Waals surface area contributed by atoms with Crippen LogP contribution in [-0.2, 0) is 0 Å². The van der Waals surface area contributed by atoms with Crippen LogP contribution in [0.4, 0.5) is 0 Å². The van der Waals surface area contributed by atoms with Crippen molar-refractivity contribution in [3.05, 3.63) is 35.3 Å². The van der Waals surface area contributed by atoms with Crippen molar-refractivity contribution in [2.75, 3.05) is 0 Å². The number of aliphatic hydroxyl groups excluding tert-OH is 1. The molecule has 0 saturated carbocycles. The minimum absolute atomic E-state index is 0.477. The maximum atomic E-state index is 9.76. The van der Waals surface area contributed by atoms with Crippen molar-refractivity contribution in [3.63, 3.8) is 0 Å². The van der Waals surface area contributed by atoms with Crippen molar-refractivity contribution >= 4 is 0 Å². The summed E-state index contributed by atoms with van der Waals surface area (Å²) in [7, 11) is 0. The summed E-state index contributed by atoms with van der Waals surface area (Å²) in [5.74, 6) is 1.69. The Balaban J connectivity index is 3.05. The second-order valence-corrected chi connectivity index (χ2v) is 3.29. The first-order chi connectivity index (χ1) is 6.07. The summed E-state index contributed by atoms with van der Waals surface area (Å²) < 4.78 is 5.42. The largest absolute Gasteiger partial charge is 0.466 e. The lowest BCUT2D eigenvalue weighted by molar-refractivity contribution is 0.179. The Morgan fingerprint density at radius 2 is 2.00 bits per heavy atom. The van der Waals surface area contributed by atoms with E-state index in [1.165, 1.54) is 0 Å². The number of aryl methyl sites for hydroxylation is 2. The first-order valence-electron chi connectivity index (χ1n) is 4.43. The highest BCUT2D eigenvalue weighted by molar-refractivity contribution is 5.33. The molecule has 0 aliphatic carbocycles. The van der Waals surface area contributed by atoms with Gasteiger partial charge in [-0.3, -0.25) is 0 Å². The first-order valence-corrected chi connectivity index (χ1v) is 4.43. The second-order valence-electron chi connectivity index (χ2n) is 3.29. The van der Waals surface area contributed by atoms with Crippen molar-refractivity contribution in [3.8, 4) is 0 Å². The third kappa shape index (κ3) is 1.83. The fourth-order valence-electron chi connectivity index (χ4n) is 1.58. The summed E-state index contributed by atoms with van der Waals surface area (Å²) in [6.45, 7) is 9.35. The van der Waals surface area contributed by atoms with E-state index in [-0.39, 0.29) is 0 Å². The van der Waals surface area contributed by atoms with Gasteiger partial charge < -0.3 is 9.52 Å². The normalized spacial score (nSPS) is 12.9. The molecule has 0 amide bonds. The highest BCUT2D eigenvalue weighted by atomic mass is 16.3. The van der Waals surface area contributed by atoms with E-state index in [0.717, 1.165) is 22.6 Å². The van der Waals surface area contributed by atoms with Gasteiger partial charge in [-0.25, -0.2) is 0 Å². The van der Waals surface area contributed by atoms with E-state index in [4.69, 9.17) is 4.42 Å². The molecule has 0 aliphatic rings. The van der Waals surface area contributed by atoms with E-state index in [2.05, 4.69) is 6.58 Å². The number of hydrogen-bond donors (Lipinski definition) is 1. The standard InChI is InChI=1S/C11H16O2/c1-5-6-10(12)11-7(2)8(3)13-9(11)4/h5,10,12H,1,6H2,2-4H3. The molecule has 1 unspecified atom stereocenters. The molecule has 0 aliphatic heterocycles. The summed E-state index contributed by atoms with van der Waals surface area (Å²) in [6.07, 6.45) is 1.81. The average Bonchev–Trinajstić information content (AvgIpc) is 2.27. The molecule has 0 fully saturated rings. The fraction of sp³-hybridized carbons (Fsp3) is 0.455. The van der Waals surface area contributed by atoms with Crippen LogP contribution in [0.1, 0.15) is 35.2 Å². The molecule has 1 aromatic rings. The van der Waals surface area contributed by atoms with Crippen LogP contribution in [0.5, 0.6) is 0 Å². The van der Waals surface area contributed by atoms with Gasteiger partial charge in [0.1, 0.15) is 11.5 Å². The molecule has 72 valence electrons. The van der Waals surface area contributed by atoms with Crippen molar-refractivity contribution in [1.82, 2.24) is 0 Å². The van der Waals surface area contributed by atoms with Crippen molar-refractivity contribution < 1.29 is 9.52 Å². The van der Waals surface area contributed by atoms with Crippen LogP contribution in [0, 0.1) is 20.8 Å². The van der Waals surface area contributed by atoms with E-state index < -0.39 is 6.10 Å². The van der Waals surface area contributed by atoms with E-state index in [1.807, 2.05) is 20.8 Å². The van der Waals surface area contributed by atoms with Gasteiger partial charge in [0.15, 0.2) is 0 Å². The Morgan fingerprint density at radius 3 is 2.38 bits per heavy atom. The summed E-state index contributed by atoms with van der Waals surface area (Å²) in [6, 6.07) is 0. The Morgan fingerprint density at radius 1 is 1.38 bits per heavy atom. The van der Waals surface area contributed by atoms with Crippen molar-refractivity contribution in [2.45, 2.75) is 33.3 Å². The van der Waals surface area contributed by atoms with Gasteiger partial charge in [-0.15, -0.1) is 6.58 Å². The monoisotopic (exact) mass is 180 g/mol. The number of rotatable bonds is 3. The number of aliphatic hydroxyl groups is 1. The molecule has 1 aromatic heterocycles. The van der Waals surface area contributed by atoms with E-state index >= 15 is 0 Å². The Kier molecular flexibility index (Phi) is 2.94. The zero-order valence-electron chi connectivity index (χ0n) is 8.42. The third-order valence-electron chi connectivity index (χ3n) is 2.34. The summed E-state index contributed by atoms with van der Waals surface area (Å²) in [4.78, 5) is 0.